The SMILES string of the molecule is CC(C)(C(O)COc1ccc(C#N)cc1)N1CC2CN(C(=O)O)CC(C(C)(C)C)(C2)C1. The van der Waals surface area contributed by atoms with Gasteiger partial charge in [0, 0.05) is 37.1 Å². The molecule has 31 heavy (non-hydrogen) atoms. The Morgan fingerprint density at radius 2 is 1.87 bits per heavy atom. The van der Waals surface area contributed by atoms with Gasteiger partial charge < -0.3 is 19.8 Å². The van der Waals surface area contributed by atoms with E-state index in [2.05, 4.69) is 31.7 Å². The Kier molecular flexibility index (Phi) is 6.28. The molecule has 2 saturated heterocycles. The first-order valence-electron chi connectivity index (χ1n) is 10.9. The van der Waals surface area contributed by atoms with Crippen molar-refractivity contribution in [2.24, 2.45) is 16.7 Å². The molecule has 0 aromatic heterocycles. The first-order chi connectivity index (χ1) is 14.4. The highest BCUT2D eigenvalue weighted by Gasteiger charge is 2.55. The summed E-state index contributed by atoms with van der Waals surface area (Å²) in [6, 6.07) is 8.94. The summed E-state index contributed by atoms with van der Waals surface area (Å²) in [6.45, 7) is 13.3. The normalized spacial score (nSPS) is 25.6. The number of aliphatic hydroxyl groups excluding tert-OH is 1. The van der Waals surface area contributed by atoms with Crippen molar-refractivity contribution in [1.82, 2.24) is 9.80 Å². The summed E-state index contributed by atoms with van der Waals surface area (Å²) in [4.78, 5) is 15.6. The fourth-order valence-corrected chi connectivity index (χ4v) is 4.98. The third-order valence-electron chi connectivity index (χ3n) is 7.51. The highest BCUT2D eigenvalue weighted by molar-refractivity contribution is 5.65. The van der Waals surface area contributed by atoms with E-state index < -0.39 is 17.7 Å². The number of aliphatic hydroxyl groups is 1. The molecule has 1 amide bonds. The first kappa shape index (κ1) is 23.4. The molecule has 3 unspecified atom stereocenters. The summed E-state index contributed by atoms with van der Waals surface area (Å²) < 4.78 is 5.81. The van der Waals surface area contributed by atoms with Crippen molar-refractivity contribution in [3.05, 3.63) is 29.8 Å². The Bertz CT molecular complexity index is 840. The average molecular weight is 430 g/mol. The number of rotatable bonds is 5. The minimum atomic E-state index is -0.845. The van der Waals surface area contributed by atoms with Gasteiger partial charge in [-0.3, -0.25) is 4.90 Å². The Morgan fingerprint density at radius 3 is 2.42 bits per heavy atom. The van der Waals surface area contributed by atoms with Crippen LogP contribution in [0.1, 0.15) is 46.6 Å². The number of hydrogen-bond acceptors (Lipinski definition) is 5. The standard InChI is InChI=1S/C24H35N3O4/c1-22(2,3)24-10-18(12-26(15-24)21(29)30)13-27(16-24)23(4,5)20(28)14-31-19-8-6-17(11-25)7-9-19/h6-9,18,20,28H,10,12-16H2,1-5H3,(H,29,30). The molecular weight excluding hydrogens is 394 g/mol. The minimum absolute atomic E-state index is 0.0714. The van der Waals surface area contributed by atoms with Gasteiger partial charge in [-0.05, 0) is 55.9 Å². The van der Waals surface area contributed by atoms with Crippen molar-refractivity contribution < 1.29 is 19.7 Å². The zero-order chi connectivity index (χ0) is 23.0. The lowest BCUT2D eigenvalue weighted by Crippen LogP contribution is -2.68. The van der Waals surface area contributed by atoms with Gasteiger partial charge in [-0.1, -0.05) is 20.8 Å². The summed E-state index contributed by atoms with van der Waals surface area (Å²) in [5.74, 6) is 0.858. The van der Waals surface area contributed by atoms with Gasteiger partial charge in [-0.15, -0.1) is 0 Å². The number of hydrogen-bond donors (Lipinski definition) is 2. The maximum absolute atomic E-state index is 11.7. The summed E-state index contributed by atoms with van der Waals surface area (Å²) in [5, 5.41) is 29.6. The van der Waals surface area contributed by atoms with Gasteiger partial charge in [-0.25, -0.2) is 4.79 Å². The van der Waals surface area contributed by atoms with E-state index in [4.69, 9.17) is 10.00 Å². The monoisotopic (exact) mass is 429 g/mol. The van der Waals surface area contributed by atoms with Crippen LogP contribution in [0.5, 0.6) is 5.75 Å². The summed E-state index contributed by atoms with van der Waals surface area (Å²) in [5.41, 5.74) is -0.209. The van der Waals surface area contributed by atoms with Gasteiger partial charge in [0.25, 0.3) is 0 Å². The molecule has 2 fully saturated rings. The van der Waals surface area contributed by atoms with Crippen LogP contribution in [-0.2, 0) is 0 Å². The second kappa shape index (κ2) is 8.33. The fraction of sp³-hybridized carbons (Fsp3) is 0.667. The number of carboxylic acid groups (broad SMARTS) is 1. The maximum atomic E-state index is 11.7. The average Bonchev–Trinajstić information content (AvgIpc) is 2.70. The van der Waals surface area contributed by atoms with Crippen LogP contribution >= 0.6 is 0 Å². The predicted octanol–water partition coefficient (Wildman–Crippen LogP) is 3.42. The summed E-state index contributed by atoms with van der Waals surface area (Å²) in [6.07, 6.45) is -0.568. The molecule has 1 aromatic carbocycles. The molecule has 7 nitrogen and oxygen atoms in total. The third kappa shape index (κ3) is 4.65. The van der Waals surface area contributed by atoms with Crippen LogP contribution in [0.2, 0.25) is 0 Å². The fourth-order valence-electron chi connectivity index (χ4n) is 4.98. The molecule has 0 aliphatic carbocycles. The van der Waals surface area contributed by atoms with Crippen molar-refractivity contribution in [3.8, 4) is 11.8 Å². The zero-order valence-electron chi connectivity index (χ0n) is 19.3. The van der Waals surface area contributed by atoms with Crippen LogP contribution in [0.3, 0.4) is 0 Å². The van der Waals surface area contributed by atoms with E-state index in [0.29, 0.717) is 24.4 Å². The molecule has 7 heteroatoms. The van der Waals surface area contributed by atoms with Crippen molar-refractivity contribution in [2.45, 2.75) is 52.7 Å². The Labute approximate surface area is 185 Å². The molecule has 2 aliphatic heterocycles. The van der Waals surface area contributed by atoms with Crippen LogP contribution in [0.15, 0.2) is 24.3 Å². The number of nitriles is 1. The quantitative estimate of drug-likeness (QED) is 0.744. The van der Waals surface area contributed by atoms with E-state index in [1.807, 2.05) is 13.8 Å². The molecule has 3 rings (SSSR count). The maximum Gasteiger partial charge on any atom is 0.407 e. The highest BCUT2D eigenvalue weighted by Crippen LogP contribution is 2.51. The lowest BCUT2D eigenvalue weighted by molar-refractivity contribution is -0.135. The van der Waals surface area contributed by atoms with Crippen molar-refractivity contribution in [2.75, 3.05) is 32.8 Å². The number of carbonyl (C=O) groups is 1. The number of likely N-dealkylation sites (tertiary alicyclic amines) is 2. The molecule has 0 saturated carbocycles. The third-order valence-corrected chi connectivity index (χ3v) is 7.51. The minimum Gasteiger partial charge on any atom is -0.491 e. The molecule has 3 atom stereocenters. The summed E-state index contributed by atoms with van der Waals surface area (Å²) >= 11 is 0. The Balaban J connectivity index is 1.74. The van der Waals surface area contributed by atoms with E-state index >= 15 is 0 Å². The van der Waals surface area contributed by atoms with E-state index in [0.717, 1.165) is 19.5 Å². The number of piperidine rings is 2. The van der Waals surface area contributed by atoms with E-state index in [-0.39, 0.29) is 23.4 Å². The van der Waals surface area contributed by atoms with Crippen LogP contribution < -0.4 is 4.74 Å². The first-order valence-corrected chi connectivity index (χ1v) is 10.9. The molecule has 2 heterocycles. The topological polar surface area (TPSA) is 97.0 Å². The van der Waals surface area contributed by atoms with Crippen molar-refractivity contribution in [3.63, 3.8) is 0 Å². The van der Waals surface area contributed by atoms with Crippen molar-refractivity contribution >= 4 is 6.09 Å². The Hall–Kier alpha value is -2.30. The zero-order valence-corrected chi connectivity index (χ0v) is 19.3. The van der Waals surface area contributed by atoms with Crippen LogP contribution in [-0.4, -0.2) is 70.5 Å². The van der Waals surface area contributed by atoms with E-state index in [1.165, 1.54) is 0 Å². The van der Waals surface area contributed by atoms with Crippen LogP contribution in [0.4, 0.5) is 4.79 Å². The molecule has 170 valence electrons. The second-order valence-corrected chi connectivity index (χ2v) is 10.8. The van der Waals surface area contributed by atoms with E-state index in [1.54, 1.807) is 29.2 Å². The van der Waals surface area contributed by atoms with Crippen LogP contribution in [0.25, 0.3) is 0 Å². The summed E-state index contributed by atoms with van der Waals surface area (Å²) in [7, 11) is 0. The van der Waals surface area contributed by atoms with Crippen molar-refractivity contribution in [1.29, 1.82) is 5.26 Å². The molecule has 2 N–H and O–H groups in total. The largest absolute Gasteiger partial charge is 0.491 e. The lowest BCUT2D eigenvalue weighted by atomic mass is 9.58. The number of ether oxygens (including phenoxy) is 1. The number of fused-ring (bicyclic) bond motifs is 2. The molecule has 1 aromatic rings. The highest BCUT2D eigenvalue weighted by atomic mass is 16.5. The molecule has 2 aliphatic rings. The molecular formula is C24H35N3O4. The number of amides is 1. The Morgan fingerprint density at radius 1 is 1.23 bits per heavy atom. The number of nitrogens with zero attached hydrogens (tertiary/aromatic N) is 3. The molecule has 0 spiro atoms. The molecule has 2 bridgehead atoms. The van der Waals surface area contributed by atoms with Gasteiger partial charge in [-0.2, -0.15) is 5.26 Å². The lowest BCUT2D eigenvalue weighted by Gasteiger charge is -2.61. The second-order valence-electron chi connectivity index (χ2n) is 10.8. The van der Waals surface area contributed by atoms with Gasteiger partial charge in [0.1, 0.15) is 18.5 Å². The smallest absolute Gasteiger partial charge is 0.407 e. The van der Waals surface area contributed by atoms with Gasteiger partial charge >= 0.3 is 6.09 Å². The van der Waals surface area contributed by atoms with Gasteiger partial charge in [0.05, 0.1) is 11.6 Å². The number of benzene rings is 1. The van der Waals surface area contributed by atoms with Gasteiger partial charge in [0.15, 0.2) is 0 Å². The predicted molar refractivity (Wildman–Crippen MR) is 118 cm³/mol. The van der Waals surface area contributed by atoms with Gasteiger partial charge in [0.2, 0.25) is 0 Å². The molecule has 0 radical (unpaired) electrons. The van der Waals surface area contributed by atoms with E-state index in [9.17, 15) is 15.0 Å². The van der Waals surface area contributed by atoms with Crippen LogP contribution in [0, 0.1) is 28.1 Å².